The van der Waals surface area contributed by atoms with E-state index in [-0.39, 0.29) is 30.3 Å². The third kappa shape index (κ3) is 5.05. The fraction of sp³-hybridized carbons (Fsp3) is 0.500. The minimum Gasteiger partial charge on any atom is -0.353 e. The first-order chi connectivity index (χ1) is 9.95. The Morgan fingerprint density at radius 2 is 1.86 bits per heavy atom. The summed E-state index contributed by atoms with van der Waals surface area (Å²) < 4.78 is 0. The van der Waals surface area contributed by atoms with Crippen LogP contribution in [0.25, 0.3) is 0 Å². The van der Waals surface area contributed by atoms with Crippen molar-refractivity contribution < 1.29 is 9.59 Å². The molecule has 1 aliphatic rings. The summed E-state index contributed by atoms with van der Waals surface area (Å²) in [6, 6.07) is 7.07. The number of nitrogens with one attached hydrogen (secondary N) is 2. The number of carbonyl (C=O) groups excluding carboxylic acids is 2. The highest BCUT2D eigenvalue weighted by molar-refractivity contribution is 6.30. The molecule has 1 aromatic rings. The molecule has 1 saturated carbocycles. The largest absolute Gasteiger partial charge is 0.353 e. The lowest BCUT2D eigenvalue weighted by Crippen LogP contribution is -2.37. The lowest BCUT2D eigenvalue weighted by Gasteiger charge is -2.20. The van der Waals surface area contributed by atoms with Crippen LogP contribution in [0.1, 0.15) is 44.7 Å². The summed E-state index contributed by atoms with van der Waals surface area (Å²) in [6.45, 7) is 3.49. The molecular formula is C16H21ClN2O2. The molecule has 1 aliphatic carbocycles. The van der Waals surface area contributed by atoms with Crippen LogP contribution in [0.15, 0.2) is 24.3 Å². The van der Waals surface area contributed by atoms with Gasteiger partial charge in [-0.2, -0.15) is 0 Å². The fourth-order valence-electron chi connectivity index (χ4n) is 2.40. The molecule has 0 unspecified atom stereocenters. The zero-order valence-electron chi connectivity index (χ0n) is 12.4. The molecule has 0 radical (unpaired) electrons. The molecule has 2 N–H and O–H groups in total. The molecule has 0 heterocycles. The maximum absolute atomic E-state index is 12.1. The second-order valence-corrected chi connectivity index (χ2v) is 6.14. The number of halogens is 1. The van der Waals surface area contributed by atoms with Crippen molar-refractivity contribution in [1.29, 1.82) is 0 Å². The maximum Gasteiger partial charge on any atom is 0.222 e. The number of hydrogen-bond acceptors (Lipinski definition) is 2. The molecule has 5 heteroatoms. The Morgan fingerprint density at radius 1 is 1.24 bits per heavy atom. The average Bonchev–Trinajstić information content (AvgIpc) is 3.22. The van der Waals surface area contributed by atoms with Crippen molar-refractivity contribution in [3.8, 4) is 0 Å². The van der Waals surface area contributed by atoms with Crippen LogP contribution in [-0.4, -0.2) is 17.9 Å². The van der Waals surface area contributed by atoms with E-state index in [1.165, 1.54) is 19.8 Å². The second kappa shape index (κ2) is 6.94. The quantitative estimate of drug-likeness (QED) is 0.849. The van der Waals surface area contributed by atoms with E-state index in [9.17, 15) is 9.59 Å². The zero-order valence-corrected chi connectivity index (χ0v) is 13.1. The molecule has 0 bridgehead atoms. The number of rotatable bonds is 6. The van der Waals surface area contributed by atoms with E-state index in [1.54, 1.807) is 12.1 Å². The minimum absolute atomic E-state index is 0.0388. The molecular weight excluding hydrogens is 288 g/mol. The van der Waals surface area contributed by atoms with Gasteiger partial charge in [0, 0.05) is 18.0 Å². The Balaban J connectivity index is 1.99. The predicted octanol–water partition coefficient (Wildman–Crippen LogP) is 2.82. The van der Waals surface area contributed by atoms with Crippen LogP contribution in [0, 0.1) is 5.92 Å². The molecule has 1 aromatic carbocycles. The lowest BCUT2D eigenvalue weighted by atomic mass is 10.0. The number of carbonyl (C=O) groups is 2. The molecule has 2 atom stereocenters. The molecule has 114 valence electrons. The Kier molecular flexibility index (Phi) is 5.23. The highest BCUT2D eigenvalue weighted by atomic mass is 35.5. The summed E-state index contributed by atoms with van der Waals surface area (Å²) in [5.74, 6) is 0.421. The molecule has 2 rings (SSSR count). The third-order valence-corrected chi connectivity index (χ3v) is 4.01. The molecule has 0 spiro atoms. The number of hydrogen-bond donors (Lipinski definition) is 2. The van der Waals surface area contributed by atoms with Crippen molar-refractivity contribution >= 4 is 23.4 Å². The monoisotopic (exact) mass is 308 g/mol. The van der Waals surface area contributed by atoms with Gasteiger partial charge in [-0.3, -0.25) is 9.59 Å². The normalized spacial score (nSPS) is 16.9. The Labute approximate surface area is 130 Å². The van der Waals surface area contributed by atoms with Crippen LogP contribution in [0.5, 0.6) is 0 Å². The van der Waals surface area contributed by atoms with Gasteiger partial charge in [0.1, 0.15) is 0 Å². The van der Waals surface area contributed by atoms with Crippen molar-refractivity contribution in [3.63, 3.8) is 0 Å². The van der Waals surface area contributed by atoms with E-state index >= 15 is 0 Å². The third-order valence-electron chi connectivity index (χ3n) is 3.76. The highest BCUT2D eigenvalue weighted by Gasteiger charge is 2.29. The summed E-state index contributed by atoms with van der Waals surface area (Å²) in [6.07, 6.45) is 2.61. The van der Waals surface area contributed by atoms with Gasteiger partial charge in [0.05, 0.1) is 12.5 Å². The highest BCUT2D eigenvalue weighted by Crippen LogP contribution is 2.32. The van der Waals surface area contributed by atoms with E-state index in [1.807, 2.05) is 19.1 Å². The van der Waals surface area contributed by atoms with Crippen molar-refractivity contribution in [1.82, 2.24) is 10.6 Å². The lowest BCUT2D eigenvalue weighted by molar-refractivity contribution is -0.123. The molecule has 1 fully saturated rings. The van der Waals surface area contributed by atoms with Crippen LogP contribution in [0.2, 0.25) is 5.02 Å². The molecule has 2 amide bonds. The van der Waals surface area contributed by atoms with E-state index in [0.717, 1.165) is 5.56 Å². The average molecular weight is 309 g/mol. The summed E-state index contributed by atoms with van der Waals surface area (Å²) >= 11 is 5.87. The van der Waals surface area contributed by atoms with Crippen LogP contribution < -0.4 is 10.6 Å². The second-order valence-electron chi connectivity index (χ2n) is 5.70. The van der Waals surface area contributed by atoms with Crippen molar-refractivity contribution in [2.24, 2.45) is 5.92 Å². The van der Waals surface area contributed by atoms with E-state index < -0.39 is 0 Å². The van der Waals surface area contributed by atoms with Crippen LogP contribution in [-0.2, 0) is 9.59 Å². The number of amides is 2. The van der Waals surface area contributed by atoms with Gasteiger partial charge in [-0.25, -0.2) is 0 Å². The summed E-state index contributed by atoms with van der Waals surface area (Å²) in [4.78, 5) is 23.5. The van der Waals surface area contributed by atoms with Crippen LogP contribution >= 0.6 is 11.6 Å². The first-order valence-electron chi connectivity index (χ1n) is 7.27. The predicted molar refractivity (Wildman–Crippen MR) is 83.0 cm³/mol. The Morgan fingerprint density at radius 3 is 2.38 bits per heavy atom. The molecule has 21 heavy (non-hydrogen) atoms. The summed E-state index contributed by atoms with van der Waals surface area (Å²) in [7, 11) is 0. The van der Waals surface area contributed by atoms with Gasteiger partial charge in [0.2, 0.25) is 11.8 Å². The van der Waals surface area contributed by atoms with E-state index in [4.69, 9.17) is 11.6 Å². The van der Waals surface area contributed by atoms with Gasteiger partial charge < -0.3 is 10.6 Å². The zero-order chi connectivity index (χ0) is 15.4. The first-order valence-corrected chi connectivity index (χ1v) is 7.65. The van der Waals surface area contributed by atoms with Gasteiger partial charge >= 0.3 is 0 Å². The summed E-state index contributed by atoms with van der Waals surface area (Å²) in [5.41, 5.74) is 0.879. The fourth-order valence-corrected chi connectivity index (χ4v) is 2.53. The molecule has 0 aliphatic heterocycles. The maximum atomic E-state index is 12.1. The van der Waals surface area contributed by atoms with Gasteiger partial charge in [-0.15, -0.1) is 0 Å². The molecule has 0 aromatic heterocycles. The Bertz CT molecular complexity index is 512. The van der Waals surface area contributed by atoms with E-state index in [2.05, 4.69) is 10.6 Å². The van der Waals surface area contributed by atoms with Gasteiger partial charge in [-0.1, -0.05) is 23.7 Å². The minimum atomic E-state index is -0.328. The van der Waals surface area contributed by atoms with Crippen LogP contribution in [0.4, 0.5) is 0 Å². The number of benzene rings is 1. The standard InChI is InChI=1S/C16H21ClN2O2/c1-10(12-3-4-12)18-16(21)9-15(19-11(2)20)13-5-7-14(17)8-6-13/h5-8,10,12,15H,3-4,9H2,1-2H3,(H,18,21)(H,19,20)/t10-,15-/m1/s1. The SMILES string of the molecule is CC(=O)N[C@H](CC(=O)N[C@H](C)C1CC1)c1ccc(Cl)cc1. The molecule has 4 nitrogen and oxygen atoms in total. The van der Waals surface area contributed by atoms with Crippen molar-refractivity contribution in [2.75, 3.05) is 0 Å². The smallest absolute Gasteiger partial charge is 0.222 e. The van der Waals surface area contributed by atoms with Crippen LogP contribution in [0.3, 0.4) is 0 Å². The van der Waals surface area contributed by atoms with Crippen molar-refractivity contribution in [2.45, 2.75) is 45.2 Å². The van der Waals surface area contributed by atoms with Gasteiger partial charge in [0.25, 0.3) is 0 Å². The van der Waals surface area contributed by atoms with Gasteiger partial charge in [0.15, 0.2) is 0 Å². The molecule has 0 saturated heterocycles. The van der Waals surface area contributed by atoms with E-state index in [0.29, 0.717) is 10.9 Å². The topological polar surface area (TPSA) is 58.2 Å². The van der Waals surface area contributed by atoms with Gasteiger partial charge in [-0.05, 0) is 43.4 Å². The summed E-state index contributed by atoms with van der Waals surface area (Å²) in [5, 5.41) is 6.46. The first kappa shape index (κ1) is 15.8. The Hall–Kier alpha value is -1.55. The van der Waals surface area contributed by atoms with Crippen molar-refractivity contribution in [3.05, 3.63) is 34.9 Å².